The second kappa shape index (κ2) is 6.28. The first-order chi connectivity index (χ1) is 8.63. The minimum absolute atomic E-state index is 0.269. The summed E-state index contributed by atoms with van der Waals surface area (Å²) in [6, 6.07) is 0. The predicted octanol–water partition coefficient (Wildman–Crippen LogP) is 0.443. The molecule has 0 aromatic rings. The van der Waals surface area contributed by atoms with E-state index in [4.69, 9.17) is 23.1 Å². The smallest absolute Gasteiger partial charge is 0.0733 e. The molecule has 5 heteroatoms. The van der Waals surface area contributed by atoms with Crippen molar-refractivity contribution in [3.8, 4) is 0 Å². The van der Waals surface area contributed by atoms with Crippen molar-refractivity contribution in [2.24, 2.45) is 11.1 Å². The number of rotatable bonds is 6. The van der Waals surface area contributed by atoms with Crippen LogP contribution in [0.15, 0.2) is 0 Å². The van der Waals surface area contributed by atoms with E-state index in [2.05, 4.69) is 9.80 Å². The quantitative estimate of drug-likeness (QED) is 0.687. The van der Waals surface area contributed by atoms with Gasteiger partial charge in [0.05, 0.1) is 11.6 Å². The highest BCUT2D eigenvalue weighted by Gasteiger charge is 2.44. The van der Waals surface area contributed by atoms with Crippen LogP contribution in [0, 0.1) is 5.41 Å². The van der Waals surface area contributed by atoms with Crippen LogP contribution >= 0.6 is 12.2 Å². The van der Waals surface area contributed by atoms with Gasteiger partial charge in [0.25, 0.3) is 0 Å². The lowest BCUT2D eigenvalue weighted by Gasteiger charge is -2.26. The lowest BCUT2D eigenvalue weighted by atomic mass is 10.0. The van der Waals surface area contributed by atoms with Crippen molar-refractivity contribution in [2.75, 3.05) is 45.9 Å². The van der Waals surface area contributed by atoms with Gasteiger partial charge in [-0.3, -0.25) is 4.90 Å². The van der Waals surface area contributed by atoms with Crippen molar-refractivity contribution in [3.05, 3.63) is 0 Å². The molecule has 0 unspecified atom stereocenters. The summed E-state index contributed by atoms with van der Waals surface area (Å²) < 4.78 is 0. The zero-order valence-corrected chi connectivity index (χ0v) is 11.9. The summed E-state index contributed by atoms with van der Waals surface area (Å²) >= 11 is 5.05. The molecule has 0 spiro atoms. The lowest BCUT2D eigenvalue weighted by molar-refractivity contribution is 0.190. The van der Waals surface area contributed by atoms with E-state index in [1.54, 1.807) is 0 Å². The molecule has 104 valence electrons. The number of hydrogen-bond acceptors (Lipinski definition) is 4. The second-order valence-corrected chi connectivity index (χ2v) is 6.36. The van der Waals surface area contributed by atoms with Crippen molar-refractivity contribution in [3.63, 3.8) is 0 Å². The van der Waals surface area contributed by atoms with E-state index >= 15 is 0 Å². The van der Waals surface area contributed by atoms with Gasteiger partial charge in [0.2, 0.25) is 0 Å². The van der Waals surface area contributed by atoms with Gasteiger partial charge in [0.1, 0.15) is 0 Å². The number of hydrogen-bond donors (Lipinski definition) is 2. The lowest BCUT2D eigenvalue weighted by Crippen LogP contribution is -2.36. The maximum atomic E-state index is 8.99. The topological polar surface area (TPSA) is 52.7 Å². The van der Waals surface area contributed by atoms with Crippen LogP contribution in [0.3, 0.4) is 0 Å². The normalized spacial score (nSPS) is 24.7. The Labute approximate surface area is 115 Å². The molecule has 1 saturated heterocycles. The third-order valence-corrected chi connectivity index (χ3v) is 4.31. The fourth-order valence-electron chi connectivity index (χ4n) is 2.96. The van der Waals surface area contributed by atoms with Gasteiger partial charge in [-0.25, -0.2) is 0 Å². The van der Waals surface area contributed by atoms with E-state index in [1.165, 1.54) is 25.8 Å². The molecule has 0 aromatic heterocycles. The summed E-state index contributed by atoms with van der Waals surface area (Å²) in [5.41, 5.74) is 6.09. The Bertz CT molecular complexity index is 294. The molecule has 3 N–H and O–H groups in total. The molecule has 2 aliphatic rings. The molecule has 2 fully saturated rings. The molecule has 0 atom stereocenters. The number of nitrogens with two attached hydrogens (primary N) is 1. The number of β-amino-alcohol motifs (C(OH)–C–C–N with tert-alkyl or cyclic N) is 1. The molecule has 1 heterocycles. The van der Waals surface area contributed by atoms with E-state index in [9.17, 15) is 0 Å². The Balaban J connectivity index is 1.78. The molecule has 18 heavy (non-hydrogen) atoms. The molecule has 0 bridgehead atoms. The molecule has 1 aliphatic heterocycles. The predicted molar refractivity (Wildman–Crippen MR) is 77.7 cm³/mol. The van der Waals surface area contributed by atoms with Crippen LogP contribution in [-0.2, 0) is 0 Å². The molecule has 2 rings (SSSR count). The van der Waals surface area contributed by atoms with Crippen molar-refractivity contribution in [2.45, 2.75) is 25.7 Å². The van der Waals surface area contributed by atoms with Gasteiger partial charge in [-0.05, 0) is 37.8 Å². The summed E-state index contributed by atoms with van der Waals surface area (Å²) in [6.45, 7) is 6.69. The van der Waals surface area contributed by atoms with Crippen LogP contribution < -0.4 is 5.73 Å². The van der Waals surface area contributed by atoms with Crippen LogP contribution in [0.2, 0.25) is 0 Å². The van der Waals surface area contributed by atoms with Crippen molar-refractivity contribution >= 4 is 17.2 Å². The van der Waals surface area contributed by atoms with E-state index in [-0.39, 0.29) is 6.61 Å². The van der Waals surface area contributed by atoms with Gasteiger partial charge < -0.3 is 15.7 Å². The molecule has 1 aliphatic carbocycles. The first-order valence-electron chi connectivity index (χ1n) is 6.97. The highest BCUT2D eigenvalue weighted by molar-refractivity contribution is 7.80. The Kier molecular flexibility index (Phi) is 4.95. The van der Waals surface area contributed by atoms with Crippen molar-refractivity contribution in [1.29, 1.82) is 0 Å². The molecule has 4 nitrogen and oxygen atoms in total. The Hall–Kier alpha value is -0.230. The first kappa shape index (κ1) is 14.2. The number of aliphatic hydroxyl groups is 1. The fraction of sp³-hybridized carbons (Fsp3) is 0.923. The van der Waals surface area contributed by atoms with Crippen LogP contribution in [0.5, 0.6) is 0 Å². The average Bonchev–Trinajstić information content (AvgIpc) is 3.06. The van der Waals surface area contributed by atoms with Gasteiger partial charge in [-0.2, -0.15) is 0 Å². The van der Waals surface area contributed by atoms with Gasteiger partial charge in [0, 0.05) is 32.6 Å². The highest BCUT2D eigenvalue weighted by Crippen LogP contribution is 2.49. The maximum absolute atomic E-state index is 8.99. The molecule has 0 radical (unpaired) electrons. The number of aliphatic hydroxyl groups excluding tert-OH is 1. The van der Waals surface area contributed by atoms with E-state index < -0.39 is 0 Å². The third-order valence-electron chi connectivity index (χ3n) is 4.16. The first-order valence-corrected chi connectivity index (χ1v) is 7.38. The summed E-state index contributed by atoms with van der Waals surface area (Å²) in [5, 5.41) is 8.99. The third kappa shape index (κ3) is 4.16. The summed E-state index contributed by atoms with van der Waals surface area (Å²) in [4.78, 5) is 5.58. The van der Waals surface area contributed by atoms with E-state index in [0.29, 0.717) is 10.4 Å². The minimum atomic E-state index is 0.269. The minimum Gasteiger partial charge on any atom is -0.395 e. The van der Waals surface area contributed by atoms with Crippen molar-refractivity contribution < 1.29 is 5.11 Å². The SMILES string of the molecule is NC(=S)CC1(CN2CCCN(CCO)CC2)CC1. The van der Waals surface area contributed by atoms with E-state index in [0.717, 1.165) is 39.1 Å². The number of thiocarbonyl (C=S) groups is 1. The van der Waals surface area contributed by atoms with Crippen molar-refractivity contribution in [1.82, 2.24) is 9.80 Å². The summed E-state index contributed by atoms with van der Waals surface area (Å²) in [6.07, 6.45) is 4.67. The van der Waals surface area contributed by atoms with Crippen LogP contribution in [-0.4, -0.2) is 65.8 Å². The molecule has 0 amide bonds. The monoisotopic (exact) mass is 271 g/mol. The molecular formula is C13H25N3OS. The zero-order chi connectivity index (χ0) is 13.0. The number of nitrogens with zero attached hydrogens (tertiary/aromatic N) is 2. The van der Waals surface area contributed by atoms with Gasteiger partial charge in [-0.1, -0.05) is 12.2 Å². The van der Waals surface area contributed by atoms with Crippen LogP contribution in [0.25, 0.3) is 0 Å². The average molecular weight is 271 g/mol. The van der Waals surface area contributed by atoms with Crippen LogP contribution in [0.1, 0.15) is 25.7 Å². The Morgan fingerprint density at radius 2 is 1.83 bits per heavy atom. The summed E-state index contributed by atoms with van der Waals surface area (Å²) in [5.74, 6) is 0. The summed E-state index contributed by atoms with van der Waals surface area (Å²) in [7, 11) is 0. The second-order valence-electron chi connectivity index (χ2n) is 5.84. The maximum Gasteiger partial charge on any atom is 0.0733 e. The van der Waals surface area contributed by atoms with Gasteiger partial charge in [0.15, 0.2) is 0 Å². The van der Waals surface area contributed by atoms with E-state index in [1.807, 2.05) is 0 Å². The fourth-order valence-corrected chi connectivity index (χ4v) is 3.27. The van der Waals surface area contributed by atoms with Gasteiger partial charge >= 0.3 is 0 Å². The standard InChI is InChI=1S/C13H25N3OS/c14-12(18)10-13(2-3-13)11-16-5-1-4-15(6-7-16)8-9-17/h17H,1-11H2,(H2,14,18). The van der Waals surface area contributed by atoms with Gasteiger partial charge in [-0.15, -0.1) is 0 Å². The molecule has 0 aromatic carbocycles. The van der Waals surface area contributed by atoms with Crippen LogP contribution in [0.4, 0.5) is 0 Å². The Morgan fingerprint density at radius 1 is 1.17 bits per heavy atom. The molecule has 1 saturated carbocycles. The molecular weight excluding hydrogens is 246 g/mol. The Morgan fingerprint density at radius 3 is 2.44 bits per heavy atom. The largest absolute Gasteiger partial charge is 0.395 e. The highest BCUT2D eigenvalue weighted by atomic mass is 32.1. The zero-order valence-electron chi connectivity index (χ0n) is 11.1.